The second-order valence-corrected chi connectivity index (χ2v) is 5.54. The summed E-state index contributed by atoms with van der Waals surface area (Å²) in [5.41, 5.74) is 0.540. The fourth-order valence-corrected chi connectivity index (χ4v) is 2.53. The highest BCUT2D eigenvalue weighted by atomic mass is 19.1. The standard InChI is InChI=1S/C16H22FN3O2/c17-12-6-8-14(9-7-12)19-15(21)10-11-18-16(22)20-13-4-2-1-3-5-13/h6-9,13H,1-5,10-11H2,(H,19,21)(H2,18,20,22). The summed E-state index contributed by atoms with van der Waals surface area (Å²) in [6.07, 6.45) is 5.78. The fourth-order valence-electron chi connectivity index (χ4n) is 2.53. The Morgan fingerprint density at radius 2 is 1.77 bits per heavy atom. The molecule has 2 rings (SSSR count). The molecule has 0 radical (unpaired) electrons. The average Bonchev–Trinajstić information content (AvgIpc) is 2.50. The number of carbonyl (C=O) groups is 2. The maximum atomic E-state index is 12.7. The van der Waals surface area contributed by atoms with E-state index in [0.29, 0.717) is 5.69 Å². The Morgan fingerprint density at radius 3 is 2.45 bits per heavy atom. The van der Waals surface area contributed by atoms with Crippen LogP contribution in [0, 0.1) is 5.82 Å². The minimum atomic E-state index is -0.348. The van der Waals surface area contributed by atoms with Crippen molar-refractivity contribution in [3.05, 3.63) is 30.1 Å². The highest BCUT2D eigenvalue weighted by Gasteiger charge is 2.15. The Balaban J connectivity index is 1.61. The highest BCUT2D eigenvalue weighted by Crippen LogP contribution is 2.17. The molecule has 0 aromatic heterocycles. The zero-order valence-corrected chi connectivity index (χ0v) is 12.5. The quantitative estimate of drug-likeness (QED) is 0.783. The molecular weight excluding hydrogens is 285 g/mol. The van der Waals surface area contributed by atoms with Crippen LogP contribution in [-0.2, 0) is 4.79 Å². The van der Waals surface area contributed by atoms with Crippen molar-refractivity contribution in [3.8, 4) is 0 Å². The number of hydrogen-bond acceptors (Lipinski definition) is 2. The summed E-state index contributed by atoms with van der Waals surface area (Å²) in [6.45, 7) is 0.269. The molecular formula is C16H22FN3O2. The van der Waals surface area contributed by atoms with Gasteiger partial charge in [-0.15, -0.1) is 0 Å². The summed E-state index contributed by atoms with van der Waals surface area (Å²) in [7, 11) is 0. The van der Waals surface area contributed by atoms with Gasteiger partial charge in [-0.2, -0.15) is 0 Å². The van der Waals surface area contributed by atoms with Crippen LogP contribution in [0.5, 0.6) is 0 Å². The Hall–Kier alpha value is -2.11. The van der Waals surface area contributed by atoms with E-state index >= 15 is 0 Å². The molecule has 1 aliphatic carbocycles. The lowest BCUT2D eigenvalue weighted by molar-refractivity contribution is -0.116. The molecule has 0 heterocycles. The maximum Gasteiger partial charge on any atom is 0.315 e. The van der Waals surface area contributed by atoms with Crippen LogP contribution in [0.1, 0.15) is 38.5 Å². The van der Waals surface area contributed by atoms with E-state index in [0.717, 1.165) is 25.7 Å². The van der Waals surface area contributed by atoms with Crippen molar-refractivity contribution < 1.29 is 14.0 Å². The first-order valence-corrected chi connectivity index (χ1v) is 7.73. The predicted octanol–water partition coefficient (Wildman–Crippen LogP) is 2.79. The third kappa shape index (κ3) is 5.71. The van der Waals surface area contributed by atoms with E-state index in [1.807, 2.05) is 0 Å². The second-order valence-electron chi connectivity index (χ2n) is 5.54. The predicted molar refractivity (Wildman–Crippen MR) is 83.1 cm³/mol. The van der Waals surface area contributed by atoms with Crippen molar-refractivity contribution in [2.24, 2.45) is 0 Å². The molecule has 1 fully saturated rings. The number of nitrogens with one attached hydrogen (secondary N) is 3. The number of anilines is 1. The molecule has 1 aliphatic rings. The molecule has 0 saturated heterocycles. The lowest BCUT2D eigenvalue weighted by atomic mass is 9.96. The van der Waals surface area contributed by atoms with Gasteiger partial charge in [0.05, 0.1) is 0 Å². The van der Waals surface area contributed by atoms with E-state index in [9.17, 15) is 14.0 Å². The van der Waals surface area contributed by atoms with Gasteiger partial charge in [-0.3, -0.25) is 4.79 Å². The topological polar surface area (TPSA) is 70.2 Å². The third-order valence-electron chi connectivity index (χ3n) is 3.71. The lowest BCUT2D eigenvalue weighted by Gasteiger charge is -2.22. The molecule has 0 bridgehead atoms. The number of rotatable bonds is 5. The summed E-state index contributed by atoms with van der Waals surface area (Å²) in [5.74, 6) is -0.566. The summed E-state index contributed by atoms with van der Waals surface area (Å²) in [4.78, 5) is 23.4. The number of carbonyl (C=O) groups excluding carboxylic acids is 2. The highest BCUT2D eigenvalue weighted by molar-refractivity contribution is 5.91. The molecule has 3 amide bonds. The van der Waals surface area contributed by atoms with Gasteiger partial charge in [0.15, 0.2) is 0 Å². The van der Waals surface area contributed by atoms with E-state index in [-0.39, 0.29) is 36.8 Å². The molecule has 120 valence electrons. The van der Waals surface area contributed by atoms with E-state index in [4.69, 9.17) is 0 Å². The number of benzene rings is 1. The van der Waals surface area contributed by atoms with Gasteiger partial charge in [0, 0.05) is 24.7 Å². The summed E-state index contributed by atoms with van der Waals surface area (Å²) in [6, 6.07) is 5.59. The fraction of sp³-hybridized carbons (Fsp3) is 0.500. The smallest absolute Gasteiger partial charge is 0.315 e. The van der Waals surface area contributed by atoms with Gasteiger partial charge >= 0.3 is 6.03 Å². The van der Waals surface area contributed by atoms with E-state index in [2.05, 4.69) is 16.0 Å². The minimum absolute atomic E-state index is 0.176. The molecule has 0 spiro atoms. The lowest BCUT2D eigenvalue weighted by Crippen LogP contribution is -2.43. The molecule has 0 unspecified atom stereocenters. The zero-order valence-electron chi connectivity index (χ0n) is 12.5. The maximum absolute atomic E-state index is 12.7. The van der Waals surface area contributed by atoms with Crippen LogP contribution < -0.4 is 16.0 Å². The van der Waals surface area contributed by atoms with Crippen LogP contribution in [0.15, 0.2) is 24.3 Å². The molecule has 0 aliphatic heterocycles. The monoisotopic (exact) mass is 307 g/mol. The molecule has 1 aromatic carbocycles. The third-order valence-corrected chi connectivity index (χ3v) is 3.71. The van der Waals surface area contributed by atoms with Gasteiger partial charge in [0.2, 0.25) is 5.91 Å². The summed E-state index contributed by atoms with van der Waals surface area (Å²) in [5, 5.41) is 8.26. The summed E-state index contributed by atoms with van der Waals surface area (Å²) >= 11 is 0. The molecule has 0 atom stereocenters. The Bertz CT molecular complexity index is 499. The molecule has 5 nitrogen and oxygen atoms in total. The Morgan fingerprint density at radius 1 is 1.09 bits per heavy atom. The van der Waals surface area contributed by atoms with Gasteiger partial charge in [-0.25, -0.2) is 9.18 Å². The molecule has 6 heteroatoms. The van der Waals surface area contributed by atoms with Crippen molar-refractivity contribution in [2.75, 3.05) is 11.9 Å². The average molecular weight is 307 g/mol. The Labute approximate surface area is 129 Å². The largest absolute Gasteiger partial charge is 0.338 e. The van der Waals surface area contributed by atoms with Gasteiger partial charge in [0.25, 0.3) is 0 Å². The van der Waals surface area contributed by atoms with Crippen LogP contribution in [-0.4, -0.2) is 24.5 Å². The molecule has 22 heavy (non-hydrogen) atoms. The summed E-state index contributed by atoms with van der Waals surface area (Å²) < 4.78 is 12.7. The number of amides is 3. The number of hydrogen-bond donors (Lipinski definition) is 3. The SMILES string of the molecule is O=C(CCNC(=O)NC1CCCCC1)Nc1ccc(F)cc1. The minimum Gasteiger partial charge on any atom is -0.338 e. The van der Waals surface area contributed by atoms with E-state index in [1.165, 1.54) is 30.7 Å². The first-order valence-electron chi connectivity index (χ1n) is 7.73. The van der Waals surface area contributed by atoms with Crippen LogP contribution >= 0.6 is 0 Å². The molecule has 1 aromatic rings. The van der Waals surface area contributed by atoms with Crippen molar-refractivity contribution in [3.63, 3.8) is 0 Å². The normalized spacial score (nSPS) is 15.1. The number of halogens is 1. The van der Waals surface area contributed by atoms with Crippen molar-refractivity contribution >= 4 is 17.6 Å². The van der Waals surface area contributed by atoms with Crippen LogP contribution in [0.2, 0.25) is 0 Å². The van der Waals surface area contributed by atoms with Crippen LogP contribution in [0.3, 0.4) is 0 Å². The van der Waals surface area contributed by atoms with Gasteiger partial charge in [-0.05, 0) is 37.1 Å². The first-order chi connectivity index (χ1) is 10.6. The Kier molecular flexibility index (Phi) is 6.18. The van der Waals surface area contributed by atoms with Gasteiger partial charge in [-0.1, -0.05) is 19.3 Å². The van der Waals surface area contributed by atoms with Crippen molar-refractivity contribution in [2.45, 2.75) is 44.6 Å². The first kappa shape index (κ1) is 16.3. The van der Waals surface area contributed by atoms with Crippen LogP contribution in [0.25, 0.3) is 0 Å². The molecule has 3 N–H and O–H groups in total. The zero-order chi connectivity index (χ0) is 15.8. The van der Waals surface area contributed by atoms with E-state index in [1.54, 1.807) is 0 Å². The van der Waals surface area contributed by atoms with Crippen LogP contribution in [0.4, 0.5) is 14.9 Å². The van der Waals surface area contributed by atoms with E-state index < -0.39 is 0 Å². The second kappa shape index (κ2) is 8.36. The van der Waals surface area contributed by atoms with Crippen molar-refractivity contribution in [1.82, 2.24) is 10.6 Å². The van der Waals surface area contributed by atoms with Gasteiger partial charge < -0.3 is 16.0 Å². The number of urea groups is 1. The van der Waals surface area contributed by atoms with Crippen molar-refractivity contribution in [1.29, 1.82) is 0 Å². The molecule has 1 saturated carbocycles. The van der Waals surface area contributed by atoms with Gasteiger partial charge in [0.1, 0.15) is 5.82 Å².